The van der Waals surface area contributed by atoms with Gasteiger partial charge >= 0.3 is 0 Å². The first-order chi connectivity index (χ1) is 8.94. The molecular formula is C16H37N3. The number of hydrogen-bond donors (Lipinski definition) is 3. The van der Waals surface area contributed by atoms with Gasteiger partial charge in [0.1, 0.15) is 0 Å². The molecule has 0 aromatic rings. The van der Waals surface area contributed by atoms with Crippen molar-refractivity contribution in [3.05, 3.63) is 0 Å². The predicted octanol–water partition coefficient (Wildman–Crippen LogP) is 2.60. The fourth-order valence-electron chi connectivity index (χ4n) is 2.64. The Morgan fingerprint density at radius 1 is 0.895 bits per heavy atom. The molecule has 19 heavy (non-hydrogen) atoms. The highest BCUT2D eigenvalue weighted by Gasteiger charge is 2.20. The molecule has 116 valence electrons. The third-order valence-electron chi connectivity index (χ3n) is 4.45. The Morgan fingerprint density at radius 2 is 1.53 bits per heavy atom. The molecule has 0 amide bonds. The van der Waals surface area contributed by atoms with Crippen LogP contribution < -0.4 is 16.8 Å². The fourth-order valence-corrected chi connectivity index (χ4v) is 2.64. The predicted molar refractivity (Wildman–Crippen MR) is 86.1 cm³/mol. The zero-order valence-electron chi connectivity index (χ0n) is 13.8. The lowest BCUT2D eigenvalue weighted by molar-refractivity contribution is 0.250. The van der Waals surface area contributed by atoms with E-state index in [0.29, 0.717) is 24.4 Å². The Balaban J connectivity index is 4.08. The maximum atomic E-state index is 5.98. The summed E-state index contributed by atoms with van der Waals surface area (Å²) >= 11 is 0. The molecule has 5 unspecified atom stereocenters. The number of nitrogens with two attached hydrogens (primary N) is 2. The molecule has 0 aromatic carbocycles. The number of rotatable bonds is 11. The maximum Gasteiger partial charge on any atom is 0.0162 e. The molecule has 0 bridgehead atoms. The van der Waals surface area contributed by atoms with E-state index in [-0.39, 0.29) is 0 Å². The van der Waals surface area contributed by atoms with Gasteiger partial charge in [-0.25, -0.2) is 0 Å². The quantitative estimate of drug-likeness (QED) is 0.541. The van der Waals surface area contributed by atoms with Gasteiger partial charge in [-0.3, -0.25) is 0 Å². The van der Waals surface area contributed by atoms with Crippen molar-refractivity contribution in [2.75, 3.05) is 19.6 Å². The summed E-state index contributed by atoms with van der Waals surface area (Å²) in [5.74, 6) is 2.87. The van der Waals surface area contributed by atoms with E-state index in [2.05, 4.69) is 39.9 Å². The Bertz CT molecular complexity index is 208. The molecule has 0 fully saturated rings. The minimum Gasteiger partial charge on any atom is -0.330 e. The topological polar surface area (TPSA) is 64.1 Å². The van der Waals surface area contributed by atoms with Crippen LogP contribution in [0.1, 0.15) is 53.9 Å². The molecule has 5 N–H and O–H groups in total. The lowest BCUT2D eigenvalue weighted by Crippen LogP contribution is -2.37. The Kier molecular flexibility index (Phi) is 10.6. The molecule has 0 saturated heterocycles. The molecule has 0 aromatic heterocycles. The second-order valence-electron chi connectivity index (χ2n) is 6.61. The van der Waals surface area contributed by atoms with E-state index in [1.54, 1.807) is 0 Å². The van der Waals surface area contributed by atoms with Crippen LogP contribution in [-0.4, -0.2) is 25.7 Å². The van der Waals surface area contributed by atoms with Crippen molar-refractivity contribution in [1.82, 2.24) is 5.32 Å². The number of hydrogen-bond acceptors (Lipinski definition) is 3. The highest BCUT2D eigenvalue weighted by Crippen LogP contribution is 2.26. The molecule has 0 heterocycles. The van der Waals surface area contributed by atoms with Gasteiger partial charge in [-0.05, 0) is 56.5 Å². The summed E-state index contributed by atoms with van der Waals surface area (Å²) in [5, 5.41) is 3.49. The highest BCUT2D eigenvalue weighted by atomic mass is 14.9. The molecule has 0 aliphatic carbocycles. The van der Waals surface area contributed by atoms with Gasteiger partial charge in [-0.15, -0.1) is 0 Å². The molecule has 0 aliphatic rings. The molecule has 5 atom stereocenters. The minimum atomic E-state index is 0.413. The van der Waals surface area contributed by atoms with Gasteiger partial charge in [0, 0.05) is 12.6 Å². The highest BCUT2D eigenvalue weighted by molar-refractivity contribution is 4.74. The van der Waals surface area contributed by atoms with E-state index in [1.807, 2.05) is 0 Å². The second-order valence-corrected chi connectivity index (χ2v) is 6.61. The van der Waals surface area contributed by atoms with Crippen LogP contribution in [0.5, 0.6) is 0 Å². The van der Waals surface area contributed by atoms with Crippen molar-refractivity contribution in [2.45, 2.75) is 59.9 Å². The third kappa shape index (κ3) is 8.61. The van der Waals surface area contributed by atoms with Crippen LogP contribution in [0.4, 0.5) is 0 Å². The maximum absolute atomic E-state index is 5.98. The molecule has 0 aliphatic heterocycles. The van der Waals surface area contributed by atoms with E-state index in [4.69, 9.17) is 11.5 Å². The molecule has 0 spiro atoms. The number of nitrogens with one attached hydrogen (secondary N) is 1. The molecule has 0 saturated carbocycles. The van der Waals surface area contributed by atoms with Gasteiger partial charge in [-0.1, -0.05) is 34.1 Å². The largest absolute Gasteiger partial charge is 0.330 e. The van der Waals surface area contributed by atoms with Crippen LogP contribution in [0.2, 0.25) is 0 Å². The summed E-state index contributed by atoms with van der Waals surface area (Å²) in [6.07, 6.45) is 3.79. The van der Waals surface area contributed by atoms with Crippen molar-refractivity contribution in [3.63, 3.8) is 0 Å². The van der Waals surface area contributed by atoms with Crippen LogP contribution in [0.25, 0.3) is 0 Å². The lowest BCUT2D eigenvalue weighted by atomic mass is 9.81. The fraction of sp³-hybridized carbons (Fsp3) is 1.00. The third-order valence-corrected chi connectivity index (χ3v) is 4.45. The van der Waals surface area contributed by atoms with Crippen molar-refractivity contribution in [3.8, 4) is 0 Å². The zero-order chi connectivity index (χ0) is 14.8. The minimum absolute atomic E-state index is 0.413. The van der Waals surface area contributed by atoms with E-state index >= 15 is 0 Å². The Labute approximate surface area is 120 Å². The van der Waals surface area contributed by atoms with Gasteiger partial charge in [0.2, 0.25) is 0 Å². The van der Waals surface area contributed by atoms with Crippen LogP contribution >= 0.6 is 0 Å². The lowest BCUT2D eigenvalue weighted by Gasteiger charge is -2.28. The molecule has 0 radical (unpaired) electrons. The molecule has 0 rings (SSSR count). The van der Waals surface area contributed by atoms with E-state index in [1.165, 1.54) is 19.3 Å². The van der Waals surface area contributed by atoms with Gasteiger partial charge in [-0.2, -0.15) is 0 Å². The van der Waals surface area contributed by atoms with Gasteiger partial charge in [0.15, 0.2) is 0 Å². The summed E-state index contributed by atoms with van der Waals surface area (Å²) in [6.45, 7) is 14.0. The molecule has 3 heteroatoms. The SMILES string of the molecule is CCC(C)CC(C)C(CN)CC(C)CNC(C)CN. The summed E-state index contributed by atoms with van der Waals surface area (Å²) in [5.41, 5.74) is 11.6. The second kappa shape index (κ2) is 10.6. The monoisotopic (exact) mass is 271 g/mol. The standard InChI is InChI=1S/C16H37N3/c1-6-12(2)7-14(4)16(10-18)8-13(3)11-19-15(5)9-17/h12-16,19H,6-11,17-18H2,1-5H3. The zero-order valence-corrected chi connectivity index (χ0v) is 13.8. The van der Waals surface area contributed by atoms with Gasteiger partial charge in [0.25, 0.3) is 0 Å². The Hall–Kier alpha value is -0.120. The van der Waals surface area contributed by atoms with E-state index < -0.39 is 0 Å². The average molecular weight is 271 g/mol. The summed E-state index contributed by atoms with van der Waals surface area (Å²) in [4.78, 5) is 0. The van der Waals surface area contributed by atoms with Crippen molar-refractivity contribution >= 4 is 0 Å². The van der Waals surface area contributed by atoms with Crippen LogP contribution in [0.3, 0.4) is 0 Å². The van der Waals surface area contributed by atoms with Crippen LogP contribution in [0, 0.1) is 23.7 Å². The molecular weight excluding hydrogens is 234 g/mol. The van der Waals surface area contributed by atoms with Crippen LogP contribution in [0.15, 0.2) is 0 Å². The van der Waals surface area contributed by atoms with E-state index in [9.17, 15) is 0 Å². The first-order valence-electron chi connectivity index (χ1n) is 8.07. The normalized spacial score (nSPS) is 19.7. The van der Waals surface area contributed by atoms with E-state index in [0.717, 1.165) is 24.9 Å². The summed E-state index contributed by atoms with van der Waals surface area (Å²) in [6, 6.07) is 0.413. The smallest absolute Gasteiger partial charge is 0.0162 e. The van der Waals surface area contributed by atoms with Gasteiger partial charge in [0.05, 0.1) is 0 Å². The first kappa shape index (κ1) is 18.9. The summed E-state index contributed by atoms with van der Waals surface area (Å²) < 4.78 is 0. The van der Waals surface area contributed by atoms with Crippen LogP contribution in [-0.2, 0) is 0 Å². The van der Waals surface area contributed by atoms with Crippen molar-refractivity contribution < 1.29 is 0 Å². The van der Waals surface area contributed by atoms with Crippen molar-refractivity contribution in [2.24, 2.45) is 35.1 Å². The molecule has 3 nitrogen and oxygen atoms in total. The first-order valence-corrected chi connectivity index (χ1v) is 8.07. The summed E-state index contributed by atoms with van der Waals surface area (Å²) in [7, 11) is 0. The average Bonchev–Trinajstić information content (AvgIpc) is 2.41. The van der Waals surface area contributed by atoms with Crippen molar-refractivity contribution in [1.29, 1.82) is 0 Å². The Morgan fingerprint density at radius 3 is 2.00 bits per heavy atom. The van der Waals surface area contributed by atoms with Gasteiger partial charge < -0.3 is 16.8 Å².